The van der Waals surface area contributed by atoms with E-state index in [1.54, 1.807) is 48.8 Å². The molecule has 1 fully saturated rings. The van der Waals surface area contributed by atoms with Crippen LogP contribution >= 0.6 is 23.1 Å². The summed E-state index contributed by atoms with van der Waals surface area (Å²) in [4.78, 5) is 32.0. The third-order valence-corrected chi connectivity index (χ3v) is 8.11. The van der Waals surface area contributed by atoms with Crippen molar-refractivity contribution in [2.75, 3.05) is 4.90 Å². The number of halogens is 1. The van der Waals surface area contributed by atoms with Gasteiger partial charge in [-0.25, -0.2) is 4.39 Å². The average Bonchev–Trinajstić information content (AvgIpc) is 3.47. The van der Waals surface area contributed by atoms with E-state index < -0.39 is 17.7 Å². The molecule has 10 heteroatoms. The molecule has 1 N–H and O–H groups in total. The van der Waals surface area contributed by atoms with Crippen molar-refractivity contribution in [1.82, 2.24) is 15.2 Å². The molecule has 0 saturated carbocycles. The van der Waals surface area contributed by atoms with Crippen LogP contribution < -0.4 is 4.90 Å². The number of anilines is 1. The fourth-order valence-electron chi connectivity index (χ4n) is 4.13. The van der Waals surface area contributed by atoms with Crippen molar-refractivity contribution >= 4 is 45.7 Å². The van der Waals surface area contributed by atoms with Gasteiger partial charge in [0, 0.05) is 23.7 Å². The molecule has 7 nitrogen and oxygen atoms in total. The number of aliphatic hydroxyl groups is 1. The van der Waals surface area contributed by atoms with Gasteiger partial charge in [-0.2, -0.15) is 0 Å². The Morgan fingerprint density at radius 1 is 1.11 bits per heavy atom. The fraction of sp³-hybridized carbons (Fsp3) is 0.148. The molecule has 2 aromatic carbocycles. The standard InChI is InChI=1S/C27H21FN4O3S2/c1-15-9-10-16(2)19(12-15)23(33)21-22(17-7-5-11-29-13-17)32(25(35)24(21)34)26-30-31-27(37-26)36-14-18-6-3-4-8-20(18)28/h3-13,22,33H,14H2,1-2H3. The van der Waals surface area contributed by atoms with Crippen molar-refractivity contribution in [3.05, 3.63) is 106 Å². The maximum Gasteiger partial charge on any atom is 0.301 e. The van der Waals surface area contributed by atoms with Gasteiger partial charge in [0.1, 0.15) is 11.6 Å². The lowest BCUT2D eigenvalue weighted by Gasteiger charge is -2.22. The van der Waals surface area contributed by atoms with E-state index in [1.165, 1.54) is 22.7 Å². The molecular weight excluding hydrogens is 511 g/mol. The highest BCUT2D eigenvalue weighted by Crippen LogP contribution is 2.44. The quantitative estimate of drug-likeness (QED) is 0.113. The van der Waals surface area contributed by atoms with Gasteiger partial charge in [-0.15, -0.1) is 10.2 Å². The van der Waals surface area contributed by atoms with E-state index in [1.807, 2.05) is 26.0 Å². The maximum atomic E-state index is 14.0. The second-order valence-corrected chi connectivity index (χ2v) is 10.7. The molecule has 0 aliphatic carbocycles. The lowest BCUT2D eigenvalue weighted by Crippen LogP contribution is -2.29. The van der Waals surface area contributed by atoms with E-state index >= 15 is 0 Å². The number of hydrogen-bond donors (Lipinski definition) is 1. The number of nitrogens with zero attached hydrogens (tertiary/aromatic N) is 4. The molecule has 0 spiro atoms. The molecule has 0 radical (unpaired) electrons. The molecule has 1 saturated heterocycles. The Morgan fingerprint density at radius 2 is 1.92 bits per heavy atom. The molecule has 2 aromatic heterocycles. The summed E-state index contributed by atoms with van der Waals surface area (Å²) in [5, 5.41) is 19.9. The van der Waals surface area contributed by atoms with Gasteiger partial charge in [-0.3, -0.25) is 19.5 Å². The average molecular weight is 533 g/mol. The van der Waals surface area contributed by atoms with E-state index in [0.29, 0.717) is 26.8 Å². The first kappa shape index (κ1) is 24.8. The number of thioether (sulfide) groups is 1. The molecule has 1 aliphatic rings. The highest BCUT2D eigenvalue weighted by molar-refractivity contribution is 8.00. The minimum atomic E-state index is -0.939. The Labute approximate surface area is 220 Å². The molecule has 0 bridgehead atoms. The van der Waals surface area contributed by atoms with Gasteiger partial charge < -0.3 is 5.11 Å². The summed E-state index contributed by atoms with van der Waals surface area (Å²) in [5.41, 5.74) is 3.17. The van der Waals surface area contributed by atoms with Gasteiger partial charge >= 0.3 is 5.91 Å². The van der Waals surface area contributed by atoms with Crippen molar-refractivity contribution < 1.29 is 19.1 Å². The number of hydrogen-bond acceptors (Lipinski definition) is 8. The molecule has 37 heavy (non-hydrogen) atoms. The third-order valence-electron chi connectivity index (χ3n) is 6.00. The Kier molecular flexibility index (Phi) is 6.86. The van der Waals surface area contributed by atoms with Crippen LogP contribution in [0.3, 0.4) is 0 Å². The Morgan fingerprint density at radius 3 is 2.68 bits per heavy atom. The minimum Gasteiger partial charge on any atom is -0.507 e. The van der Waals surface area contributed by atoms with E-state index in [2.05, 4.69) is 15.2 Å². The summed E-state index contributed by atoms with van der Waals surface area (Å²) in [6.07, 6.45) is 3.14. The summed E-state index contributed by atoms with van der Waals surface area (Å²) in [5.74, 6) is -1.87. The SMILES string of the molecule is Cc1ccc(C)c(C(O)=C2C(=O)C(=O)N(c3nnc(SCc4ccccc4F)s3)C2c2cccnc2)c1. The molecule has 1 unspecified atom stereocenters. The van der Waals surface area contributed by atoms with Crippen LogP contribution in [0.15, 0.2) is 76.9 Å². The first-order valence-corrected chi connectivity index (χ1v) is 13.1. The number of pyridine rings is 1. The number of aliphatic hydroxyl groups excluding tert-OH is 1. The largest absolute Gasteiger partial charge is 0.507 e. The van der Waals surface area contributed by atoms with Crippen molar-refractivity contribution in [3.63, 3.8) is 0 Å². The zero-order valence-corrected chi connectivity index (χ0v) is 21.5. The number of carbonyl (C=O) groups excluding carboxylic acids is 2. The Hall–Kier alpha value is -3.89. The van der Waals surface area contributed by atoms with Gasteiger partial charge in [-0.1, -0.05) is 65.1 Å². The molecule has 1 atom stereocenters. The van der Waals surface area contributed by atoms with Crippen LogP contribution in [0.5, 0.6) is 0 Å². The van der Waals surface area contributed by atoms with Crippen molar-refractivity contribution in [1.29, 1.82) is 0 Å². The molecule has 1 aliphatic heterocycles. The second kappa shape index (κ2) is 10.2. The Bertz CT molecular complexity index is 1540. The van der Waals surface area contributed by atoms with Gasteiger partial charge in [0.2, 0.25) is 5.13 Å². The van der Waals surface area contributed by atoms with Crippen LogP contribution in [-0.2, 0) is 15.3 Å². The summed E-state index contributed by atoms with van der Waals surface area (Å²) >= 11 is 2.40. The molecule has 186 valence electrons. The first-order chi connectivity index (χ1) is 17.8. The van der Waals surface area contributed by atoms with Crippen molar-refractivity contribution in [3.8, 4) is 0 Å². The van der Waals surface area contributed by atoms with E-state index in [0.717, 1.165) is 22.5 Å². The van der Waals surface area contributed by atoms with Crippen LogP contribution in [0.25, 0.3) is 5.76 Å². The summed E-state index contributed by atoms with van der Waals surface area (Å²) in [6, 6.07) is 14.5. The predicted molar refractivity (Wildman–Crippen MR) is 141 cm³/mol. The molecule has 5 rings (SSSR count). The highest BCUT2D eigenvalue weighted by atomic mass is 32.2. The zero-order valence-electron chi connectivity index (χ0n) is 19.9. The monoisotopic (exact) mass is 532 g/mol. The number of amides is 1. The lowest BCUT2D eigenvalue weighted by atomic mass is 9.94. The van der Waals surface area contributed by atoms with Gasteiger partial charge in [0.25, 0.3) is 5.78 Å². The van der Waals surface area contributed by atoms with E-state index in [4.69, 9.17) is 0 Å². The first-order valence-electron chi connectivity index (χ1n) is 11.3. The topological polar surface area (TPSA) is 96.3 Å². The van der Waals surface area contributed by atoms with Crippen LogP contribution in [0, 0.1) is 19.7 Å². The summed E-state index contributed by atoms with van der Waals surface area (Å²) < 4.78 is 14.5. The minimum absolute atomic E-state index is 0.0394. The highest BCUT2D eigenvalue weighted by Gasteiger charge is 2.48. The summed E-state index contributed by atoms with van der Waals surface area (Å²) in [7, 11) is 0. The van der Waals surface area contributed by atoms with E-state index in [-0.39, 0.29) is 22.3 Å². The zero-order chi connectivity index (χ0) is 26.1. The molecule has 4 aromatic rings. The molecule has 1 amide bonds. The number of benzene rings is 2. The lowest BCUT2D eigenvalue weighted by molar-refractivity contribution is -0.132. The van der Waals surface area contributed by atoms with Crippen LogP contribution in [0.4, 0.5) is 9.52 Å². The van der Waals surface area contributed by atoms with Crippen LogP contribution in [0.1, 0.15) is 33.9 Å². The van der Waals surface area contributed by atoms with Crippen molar-refractivity contribution in [2.45, 2.75) is 30.0 Å². The summed E-state index contributed by atoms with van der Waals surface area (Å²) in [6.45, 7) is 3.71. The normalized spacial score (nSPS) is 16.9. The Balaban J connectivity index is 1.56. The predicted octanol–water partition coefficient (Wildman–Crippen LogP) is 5.61. The van der Waals surface area contributed by atoms with Gasteiger partial charge in [-0.05, 0) is 48.7 Å². The van der Waals surface area contributed by atoms with Crippen LogP contribution in [0.2, 0.25) is 0 Å². The molecule has 3 heterocycles. The number of carbonyl (C=O) groups is 2. The van der Waals surface area contributed by atoms with Gasteiger partial charge in [0.05, 0.1) is 11.6 Å². The maximum absolute atomic E-state index is 14.0. The van der Waals surface area contributed by atoms with Crippen molar-refractivity contribution in [2.24, 2.45) is 0 Å². The smallest absolute Gasteiger partial charge is 0.301 e. The van der Waals surface area contributed by atoms with E-state index in [9.17, 15) is 19.1 Å². The number of ketones is 1. The van der Waals surface area contributed by atoms with Gasteiger partial charge in [0.15, 0.2) is 4.34 Å². The number of rotatable bonds is 6. The fourth-order valence-corrected chi connectivity index (χ4v) is 5.99. The molecular formula is C27H21FN4O3S2. The number of Topliss-reactive ketones (excluding diaryl/α,β-unsaturated/α-hetero) is 1. The number of aryl methyl sites for hydroxylation is 2. The third kappa shape index (κ3) is 4.77. The number of aromatic nitrogens is 3. The van der Waals surface area contributed by atoms with Crippen LogP contribution in [-0.4, -0.2) is 32.0 Å². The second-order valence-electron chi connectivity index (χ2n) is 8.50.